The third-order valence-electron chi connectivity index (χ3n) is 5.46. The molecule has 0 aromatic heterocycles. The summed E-state index contributed by atoms with van der Waals surface area (Å²) in [6.45, 7) is 0.153. The predicted octanol–water partition coefficient (Wildman–Crippen LogP) is 1.53. The van der Waals surface area contributed by atoms with Crippen molar-refractivity contribution in [1.29, 1.82) is 0 Å². The maximum absolute atomic E-state index is 14.2. The van der Waals surface area contributed by atoms with E-state index in [-0.39, 0.29) is 25.9 Å². The van der Waals surface area contributed by atoms with E-state index in [2.05, 4.69) is 10.6 Å². The standard InChI is InChI=1S/C21H20FN3O5/c1-30-13-6-5-12(16(22)9-13)10-23-17-4-2-3-14-15(17)11-25(19(14)27)21(29)8-7-18(26)24-20(21)28/h2-6,9,23,29H,7-8,10-11H2,1H3,(H,24,26,28)/t21-/m0/s1. The number of hydrogen-bond donors (Lipinski definition) is 3. The maximum atomic E-state index is 14.2. The van der Waals surface area contributed by atoms with Crippen LogP contribution in [0.3, 0.4) is 0 Å². The summed E-state index contributed by atoms with van der Waals surface area (Å²) in [5.74, 6) is -1.91. The number of rotatable bonds is 5. The minimum Gasteiger partial charge on any atom is -0.497 e. The zero-order valence-electron chi connectivity index (χ0n) is 16.2. The van der Waals surface area contributed by atoms with Crippen LogP contribution in [-0.4, -0.2) is 40.6 Å². The molecule has 2 aliphatic heterocycles. The summed E-state index contributed by atoms with van der Waals surface area (Å²) >= 11 is 0. The van der Waals surface area contributed by atoms with Gasteiger partial charge in [0.2, 0.25) is 11.6 Å². The van der Waals surface area contributed by atoms with Crippen molar-refractivity contribution in [2.24, 2.45) is 0 Å². The molecule has 2 heterocycles. The summed E-state index contributed by atoms with van der Waals surface area (Å²) in [4.78, 5) is 37.6. The van der Waals surface area contributed by atoms with Crippen molar-refractivity contribution >= 4 is 23.4 Å². The number of anilines is 1. The fourth-order valence-corrected chi connectivity index (χ4v) is 3.73. The van der Waals surface area contributed by atoms with Gasteiger partial charge in [0, 0.05) is 47.8 Å². The van der Waals surface area contributed by atoms with Gasteiger partial charge in [-0.3, -0.25) is 24.6 Å². The van der Waals surface area contributed by atoms with Crippen molar-refractivity contribution < 1.29 is 28.6 Å². The number of aliphatic hydroxyl groups is 1. The number of nitrogens with zero attached hydrogens (tertiary/aromatic N) is 1. The molecule has 0 aliphatic carbocycles. The molecule has 156 valence electrons. The second-order valence-electron chi connectivity index (χ2n) is 7.23. The molecule has 2 aliphatic rings. The molecular weight excluding hydrogens is 393 g/mol. The summed E-state index contributed by atoms with van der Waals surface area (Å²) in [5, 5.41) is 16.0. The molecule has 2 aromatic carbocycles. The minimum atomic E-state index is -2.09. The Balaban J connectivity index is 1.56. The fourth-order valence-electron chi connectivity index (χ4n) is 3.73. The molecule has 3 N–H and O–H groups in total. The van der Waals surface area contributed by atoms with Crippen LogP contribution in [0.25, 0.3) is 0 Å². The SMILES string of the molecule is COc1ccc(CNc2cccc3c2CN([C@]2(O)CCC(=O)NC2=O)C3=O)c(F)c1. The first-order valence-electron chi connectivity index (χ1n) is 9.40. The molecule has 0 saturated carbocycles. The number of imide groups is 1. The highest BCUT2D eigenvalue weighted by Gasteiger charge is 2.51. The van der Waals surface area contributed by atoms with Crippen LogP contribution in [0.5, 0.6) is 5.75 Å². The first-order valence-corrected chi connectivity index (χ1v) is 9.40. The Bertz CT molecular complexity index is 1060. The number of piperidine rings is 1. The van der Waals surface area contributed by atoms with Gasteiger partial charge in [-0.2, -0.15) is 0 Å². The average molecular weight is 413 g/mol. The Morgan fingerprint density at radius 2 is 2.07 bits per heavy atom. The monoisotopic (exact) mass is 413 g/mol. The number of carbonyl (C=O) groups is 3. The predicted molar refractivity (Wildman–Crippen MR) is 104 cm³/mol. The van der Waals surface area contributed by atoms with E-state index in [9.17, 15) is 23.9 Å². The van der Waals surface area contributed by atoms with Crippen LogP contribution in [0.2, 0.25) is 0 Å². The quantitative estimate of drug-likeness (QED) is 0.642. The van der Waals surface area contributed by atoms with E-state index >= 15 is 0 Å². The molecule has 1 saturated heterocycles. The summed E-state index contributed by atoms with van der Waals surface area (Å²) in [5.41, 5.74) is -0.153. The number of amides is 3. The highest BCUT2D eigenvalue weighted by Crippen LogP contribution is 2.36. The lowest BCUT2D eigenvalue weighted by molar-refractivity contribution is -0.167. The number of carbonyl (C=O) groups excluding carboxylic acids is 3. The van der Waals surface area contributed by atoms with Gasteiger partial charge >= 0.3 is 0 Å². The maximum Gasteiger partial charge on any atom is 0.279 e. The third-order valence-corrected chi connectivity index (χ3v) is 5.46. The lowest BCUT2D eigenvalue weighted by Gasteiger charge is -2.37. The summed E-state index contributed by atoms with van der Waals surface area (Å²) in [7, 11) is 1.46. The third kappa shape index (κ3) is 3.26. The zero-order chi connectivity index (χ0) is 21.5. The van der Waals surface area contributed by atoms with E-state index in [4.69, 9.17) is 4.74 Å². The molecule has 0 bridgehead atoms. The van der Waals surface area contributed by atoms with E-state index in [1.807, 2.05) is 0 Å². The van der Waals surface area contributed by atoms with Gasteiger partial charge in [-0.1, -0.05) is 12.1 Å². The number of halogens is 1. The first-order chi connectivity index (χ1) is 14.3. The van der Waals surface area contributed by atoms with Gasteiger partial charge in [-0.05, 0) is 18.2 Å². The molecule has 0 spiro atoms. The molecule has 2 aromatic rings. The van der Waals surface area contributed by atoms with Crippen LogP contribution in [0, 0.1) is 5.82 Å². The Hall–Kier alpha value is -3.46. The molecule has 4 rings (SSSR count). The summed E-state index contributed by atoms with van der Waals surface area (Å²) in [6, 6.07) is 9.56. The largest absolute Gasteiger partial charge is 0.497 e. The van der Waals surface area contributed by atoms with E-state index in [1.165, 1.54) is 13.2 Å². The van der Waals surface area contributed by atoms with Crippen LogP contribution < -0.4 is 15.4 Å². The van der Waals surface area contributed by atoms with Gasteiger partial charge in [-0.25, -0.2) is 4.39 Å². The van der Waals surface area contributed by atoms with Gasteiger partial charge in [0.15, 0.2) is 0 Å². The van der Waals surface area contributed by atoms with Gasteiger partial charge < -0.3 is 15.2 Å². The van der Waals surface area contributed by atoms with Crippen molar-refractivity contribution in [2.75, 3.05) is 12.4 Å². The van der Waals surface area contributed by atoms with Gasteiger partial charge in [-0.15, -0.1) is 0 Å². The van der Waals surface area contributed by atoms with Crippen molar-refractivity contribution in [3.05, 3.63) is 58.9 Å². The smallest absolute Gasteiger partial charge is 0.279 e. The van der Waals surface area contributed by atoms with E-state index in [1.54, 1.807) is 30.3 Å². The van der Waals surface area contributed by atoms with Crippen molar-refractivity contribution in [2.45, 2.75) is 31.7 Å². The lowest BCUT2D eigenvalue weighted by Crippen LogP contribution is -2.63. The second kappa shape index (κ2) is 7.42. The molecule has 0 unspecified atom stereocenters. The number of hydrogen-bond acceptors (Lipinski definition) is 6. The highest BCUT2D eigenvalue weighted by atomic mass is 19.1. The normalized spacial score (nSPS) is 20.8. The number of benzene rings is 2. The molecular formula is C21H20FN3O5. The van der Waals surface area contributed by atoms with Gasteiger partial charge in [0.25, 0.3) is 11.8 Å². The van der Waals surface area contributed by atoms with Crippen molar-refractivity contribution in [1.82, 2.24) is 10.2 Å². The molecule has 9 heteroatoms. The van der Waals surface area contributed by atoms with Crippen LogP contribution in [-0.2, 0) is 22.7 Å². The molecule has 1 atom stereocenters. The lowest BCUT2D eigenvalue weighted by atomic mass is 10.00. The number of fused-ring (bicyclic) bond motifs is 1. The molecule has 3 amide bonds. The Morgan fingerprint density at radius 1 is 1.27 bits per heavy atom. The van der Waals surface area contributed by atoms with Gasteiger partial charge in [0.1, 0.15) is 11.6 Å². The molecule has 1 fully saturated rings. The Morgan fingerprint density at radius 3 is 2.77 bits per heavy atom. The highest BCUT2D eigenvalue weighted by molar-refractivity contribution is 6.07. The van der Waals surface area contributed by atoms with E-state index < -0.39 is 29.3 Å². The van der Waals surface area contributed by atoms with E-state index in [0.29, 0.717) is 28.1 Å². The Labute approximate surface area is 171 Å². The minimum absolute atomic E-state index is 0.0133. The Kier molecular flexibility index (Phi) is 4.90. The molecule has 0 radical (unpaired) electrons. The number of methoxy groups -OCH3 is 1. The van der Waals surface area contributed by atoms with Crippen molar-refractivity contribution in [3.8, 4) is 5.75 Å². The van der Waals surface area contributed by atoms with Crippen LogP contribution in [0.15, 0.2) is 36.4 Å². The zero-order valence-corrected chi connectivity index (χ0v) is 16.2. The van der Waals surface area contributed by atoms with Crippen LogP contribution in [0.1, 0.15) is 34.3 Å². The van der Waals surface area contributed by atoms with E-state index in [0.717, 1.165) is 4.90 Å². The number of nitrogens with one attached hydrogen (secondary N) is 2. The second-order valence-corrected chi connectivity index (χ2v) is 7.23. The summed E-state index contributed by atoms with van der Waals surface area (Å²) < 4.78 is 19.2. The van der Waals surface area contributed by atoms with Crippen LogP contribution >= 0.6 is 0 Å². The molecule has 30 heavy (non-hydrogen) atoms. The summed E-state index contributed by atoms with van der Waals surface area (Å²) in [6.07, 6.45) is -0.235. The van der Waals surface area contributed by atoms with Crippen molar-refractivity contribution in [3.63, 3.8) is 0 Å². The van der Waals surface area contributed by atoms with Crippen LogP contribution in [0.4, 0.5) is 10.1 Å². The molecule has 8 nitrogen and oxygen atoms in total. The number of ether oxygens (including phenoxy) is 1. The van der Waals surface area contributed by atoms with Gasteiger partial charge in [0.05, 0.1) is 13.7 Å². The first kappa shape index (κ1) is 19.8. The topological polar surface area (TPSA) is 108 Å². The average Bonchev–Trinajstić information content (AvgIpc) is 3.08. The fraction of sp³-hybridized carbons (Fsp3) is 0.286.